The van der Waals surface area contributed by atoms with E-state index in [2.05, 4.69) is 26.2 Å². The Labute approximate surface area is 130 Å². The summed E-state index contributed by atoms with van der Waals surface area (Å²) >= 11 is 9.36. The summed E-state index contributed by atoms with van der Waals surface area (Å²) in [4.78, 5) is 16.2. The Morgan fingerprint density at radius 3 is 2.85 bits per heavy atom. The molecular formula is C14H12BrClN2O2. The highest BCUT2D eigenvalue weighted by Crippen LogP contribution is 2.26. The van der Waals surface area contributed by atoms with Gasteiger partial charge in [-0.15, -0.1) is 0 Å². The Morgan fingerprint density at radius 1 is 1.40 bits per heavy atom. The van der Waals surface area contributed by atoms with Gasteiger partial charge in [-0.05, 0) is 41.1 Å². The van der Waals surface area contributed by atoms with Crippen molar-refractivity contribution in [1.82, 2.24) is 4.98 Å². The van der Waals surface area contributed by atoms with Gasteiger partial charge in [-0.1, -0.05) is 17.7 Å². The minimum absolute atomic E-state index is 0.290. The summed E-state index contributed by atoms with van der Waals surface area (Å²) in [6.07, 6.45) is 1.54. The van der Waals surface area contributed by atoms with Gasteiger partial charge in [0.1, 0.15) is 0 Å². The van der Waals surface area contributed by atoms with Crippen LogP contribution in [0.15, 0.2) is 41.0 Å². The smallest absolute Gasteiger partial charge is 0.257 e. The number of nitrogens with one attached hydrogen (secondary N) is 1. The Balaban J connectivity index is 2.13. The lowest BCUT2D eigenvalue weighted by Crippen LogP contribution is -2.12. The van der Waals surface area contributed by atoms with Gasteiger partial charge in [-0.2, -0.15) is 0 Å². The zero-order chi connectivity index (χ0) is 14.5. The van der Waals surface area contributed by atoms with Crippen molar-refractivity contribution < 1.29 is 9.53 Å². The number of hydrogen-bond acceptors (Lipinski definition) is 3. The van der Waals surface area contributed by atoms with E-state index in [1.807, 2.05) is 6.92 Å². The molecule has 104 valence electrons. The van der Waals surface area contributed by atoms with E-state index in [9.17, 15) is 4.79 Å². The van der Waals surface area contributed by atoms with E-state index in [0.29, 0.717) is 33.2 Å². The van der Waals surface area contributed by atoms with Gasteiger partial charge in [0.05, 0.1) is 29.1 Å². The van der Waals surface area contributed by atoms with Gasteiger partial charge in [0.25, 0.3) is 5.91 Å². The maximum atomic E-state index is 12.1. The number of benzene rings is 1. The molecule has 2 aromatic rings. The highest BCUT2D eigenvalue weighted by molar-refractivity contribution is 9.10. The summed E-state index contributed by atoms with van der Waals surface area (Å²) in [5, 5.41) is 3.11. The van der Waals surface area contributed by atoms with Gasteiger partial charge in [0, 0.05) is 10.5 Å². The second-order valence-corrected chi connectivity index (χ2v) is 5.11. The highest BCUT2D eigenvalue weighted by atomic mass is 79.9. The van der Waals surface area contributed by atoms with E-state index >= 15 is 0 Å². The van der Waals surface area contributed by atoms with Crippen LogP contribution in [0.4, 0.5) is 5.69 Å². The molecule has 0 atom stereocenters. The summed E-state index contributed by atoms with van der Waals surface area (Å²) in [6.45, 7) is 2.43. The first kappa shape index (κ1) is 14.8. The molecule has 0 spiro atoms. The number of pyridine rings is 1. The van der Waals surface area contributed by atoms with Crippen molar-refractivity contribution in [2.75, 3.05) is 11.9 Å². The summed E-state index contributed by atoms with van der Waals surface area (Å²) in [7, 11) is 0. The third-order valence-electron chi connectivity index (χ3n) is 2.48. The fourth-order valence-corrected chi connectivity index (χ4v) is 2.14. The predicted octanol–water partition coefficient (Wildman–Crippen LogP) is 4.15. The van der Waals surface area contributed by atoms with Crippen LogP contribution < -0.4 is 10.1 Å². The van der Waals surface area contributed by atoms with Crippen molar-refractivity contribution in [3.8, 4) is 5.88 Å². The molecule has 0 radical (unpaired) electrons. The fourth-order valence-electron chi connectivity index (χ4n) is 1.57. The van der Waals surface area contributed by atoms with Gasteiger partial charge in [0.15, 0.2) is 0 Å². The normalized spacial score (nSPS) is 10.2. The molecule has 1 N–H and O–H groups in total. The largest absolute Gasteiger partial charge is 0.478 e. The molecule has 6 heteroatoms. The summed E-state index contributed by atoms with van der Waals surface area (Å²) < 4.78 is 5.91. The topological polar surface area (TPSA) is 51.2 Å². The molecule has 0 aliphatic heterocycles. The van der Waals surface area contributed by atoms with Crippen molar-refractivity contribution >= 4 is 39.1 Å². The molecule has 1 aromatic heterocycles. The molecule has 1 heterocycles. The van der Waals surface area contributed by atoms with Crippen LogP contribution in [0.25, 0.3) is 0 Å². The van der Waals surface area contributed by atoms with E-state index in [1.54, 1.807) is 30.3 Å². The molecule has 0 saturated heterocycles. The number of aromatic nitrogens is 1. The molecule has 0 bridgehead atoms. The Hall–Kier alpha value is -1.59. The van der Waals surface area contributed by atoms with Crippen LogP contribution in [0.3, 0.4) is 0 Å². The van der Waals surface area contributed by atoms with E-state index in [4.69, 9.17) is 16.3 Å². The first-order chi connectivity index (χ1) is 9.61. The first-order valence-electron chi connectivity index (χ1n) is 5.96. The Bertz CT molecular complexity index is 617. The predicted molar refractivity (Wildman–Crippen MR) is 82.5 cm³/mol. The van der Waals surface area contributed by atoms with Gasteiger partial charge >= 0.3 is 0 Å². The average molecular weight is 356 g/mol. The highest BCUT2D eigenvalue weighted by Gasteiger charge is 2.12. The van der Waals surface area contributed by atoms with Crippen LogP contribution in [-0.4, -0.2) is 17.5 Å². The number of rotatable bonds is 4. The Kier molecular flexibility index (Phi) is 4.98. The third kappa shape index (κ3) is 3.49. The quantitative estimate of drug-likeness (QED) is 0.896. The van der Waals surface area contributed by atoms with Crippen LogP contribution in [-0.2, 0) is 0 Å². The van der Waals surface area contributed by atoms with Gasteiger partial charge in [0.2, 0.25) is 5.88 Å². The first-order valence-corrected chi connectivity index (χ1v) is 7.13. The number of carbonyl (C=O) groups excluding carboxylic acids is 1. The van der Waals surface area contributed by atoms with Gasteiger partial charge in [-0.25, -0.2) is 4.98 Å². The number of amides is 1. The molecule has 1 amide bonds. The number of carbonyl (C=O) groups is 1. The number of hydrogen-bond donors (Lipinski definition) is 1. The van der Waals surface area contributed by atoms with Crippen LogP contribution in [0.1, 0.15) is 17.3 Å². The standard InChI is InChI=1S/C14H12BrClN2O2/c1-2-20-12-7-6-9(8-17-12)18-14(19)10-4-3-5-11(15)13(10)16/h3-8H,2H2,1H3,(H,18,19). The van der Waals surface area contributed by atoms with Crippen molar-refractivity contribution in [3.05, 3.63) is 51.6 Å². The summed E-state index contributed by atoms with van der Waals surface area (Å²) in [5.74, 6) is 0.230. The third-order valence-corrected chi connectivity index (χ3v) is 3.78. The average Bonchev–Trinajstić information content (AvgIpc) is 2.44. The molecule has 20 heavy (non-hydrogen) atoms. The molecule has 0 saturated carbocycles. The zero-order valence-corrected chi connectivity index (χ0v) is 13.0. The zero-order valence-electron chi connectivity index (χ0n) is 10.7. The second kappa shape index (κ2) is 6.72. The second-order valence-electron chi connectivity index (χ2n) is 3.87. The number of anilines is 1. The van der Waals surface area contributed by atoms with Crippen LogP contribution >= 0.6 is 27.5 Å². The lowest BCUT2D eigenvalue weighted by atomic mass is 10.2. The Morgan fingerprint density at radius 2 is 2.20 bits per heavy atom. The van der Waals surface area contributed by atoms with Crippen LogP contribution in [0, 0.1) is 0 Å². The van der Waals surface area contributed by atoms with E-state index < -0.39 is 0 Å². The van der Waals surface area contributed by atoms with Crippen LogP contribution in [0.5, 0.6) is 5.88 Å². The minimum Gasteiger partial charge on any atom is -0.478 e. The molecule has 0 fully saturated rings. The van der Waals surface area contributed by atoms with Crippen LogP contribution in [0.2, 0.25) is 5.02 Å². The minimum atomic E-state index is -0.290. The number of ether oxygens (including phenoxy) is 1. The van der Waals surface area contributed by atoms with Crippen molar-refractivity contribution in [3.63, 3.8) is 0 Å². The molecule has 4 nitrogen and oxygen atoms in total. The summed E-state index contributed by atoms with van der Waals surface area (Å²) in [5.41, 5.74) is 0.976. The SMILES string of the molecule is CCOc1ccc(NC(=O)c2cccc(Br)c2Cl)cn1. The number of halogens is 2. The number of nitrogens with zero attached hydrogens (tertiary/aromatic N) is 1. The van der Waals surface area contributed by atoms with E-state index in [-0.39, 0.29) is 5.91 Å². The monoisotopic (exact) mass is 354 g/mol. The maximum absolute atomic E-state index is 12.1. The van der Waals surface area contributed by atoms with Crippen molar-refractivity contribution in [1.29, 1.82) is 0 Å². The van der Waals surface area contributed by atoms with Crippen molar-refractivity contribution in [2.45, 2.75) is 6.92 Å². The summed E-state index contributed by atoms with van der Waals surface area (Å²) in [6, 6.07) is 8.60. The van der Waals surface area contributed by atoms with E-state index in [1.165, 1.54) is 6.20 Å². The lowest BCUT2D eigenvalue weighted by molar-refractivity contribution is 0.102. The van der Waals surface area contributed by atoms with Gasteiger partial charge in [-0.3, -0.25) is 4.79 Å². The fraction of sp³-hybridized carbons (Fsp3) is 0.143. The maximum Gasteiger partial charge on any atom is 0.257 e. The molecule has 1 aromatic carbocycles. The molecule has 0 aliphatic carbocycles. The van der Waals surface area contributed by atoms with E-state index in [0.717, 1.165) is 0 Å². The van der Waals surface area contributed by atoms with Crippen molar-refractivity contribution in [2.24, 2.45) is 0 Å². The molecule has 2 rings (SSSR count). The van der Waals surface area contributed by atoms with Gasteiger partial charge < -0.3 is 10.1 Å². The molecule has 0 aliphatic rings. The lowest BCUT2D eigenvalue weighted by Gasteiger charge is -2.08. The molecule has 0 unspecified atom stereocenters. The molecular weight excluding hydrogens is 344 g/mol.